The summed E-state index contributed by atoms with van der Waals surface area (Å²) < 4.78 is 5.33. The maximum atomic E-state index is 13.1. The fraction of sp³-hybridized carbons (Fsp3) is 0.550. The molecule has 1 saturated heterocycles. The van der Waals surface area contributed by atoms with Crippen LogP contribution in [-0.4, -0.2) is 59.6 Å². The number of carboxylic acid groups (broad SMARTS) is 1. The maximum Gasteiger partial charge on any atom is 0.305 e. The molecule has 2 N–H and O–H groups in total. The number of nitrogens with one attached hydrogen (secondary N) is 1. The first-order valence-electron chi connectivity index (χ1n) is 9.15. The summed E-state index contributed by atoms with van der Waals surface area (Å²) in [5.41, 5.74) is 1.45. The predicted octanol–water partition coefficient (Wildman–Crippen LogP) is 1.84. The Morgan fingerprint density at radius 1 is 1.33 bits per heavy atom. The molecule has 0 saturated carbocycles. The molecular formula is C20H28N2O5. The number of carbonyl (C=O) groups excluding carboxylic acids is 2. The molecule has 1 aliphatic rings. The Morgan fingerprint density at radius 2 is 2.04 bits per heavy atom. The summed E-state index contributed by atoms with van der Waals surface area (Å²) in [5.74, 6) is -1.68. The third kappa shape index (κ3) is 5.29. The van der Waals surface area contributed by atoms with Crippen molar-refractivity contribution in [1.82, 2.24) is 10.2 Å². The highest BCUT2D eigenvalue weighted by molar-refractivity contribution is 5.97. The van der Waals surface area contributed by atoms with E-state index in [2.05, 4.69) is 5.32 Å². The lowest BCUT2D eigenvalue weighted by Gasteiger charge is -2.30. The topological polar surface area (TPSA) is 95.9 Å². The van der Waals surface area contributed by atoms with Gasteiger partial charge in [0, 0.05) is 25.3 Å². The lowest BCUT2D eigenvalue weighted by Crippen LogP contribution is -2.53. The van der Waals surface area contributed by atoms with Gasteiger partial charge in [-0.2, -0.15) is 0 Å². The van der Waals surface area contributed by atoms with E-state index in [0.717, 1.165) is 5.56 Å². The van der Waals surface area contributed by atoms with Crippen LogP contribution in [0.2, 0.25) is 0 Å². The molecule has 2 rings (SSSR count). The van der Waals surface area contributed by atoms with Gasteiger partial charge < -0.3 is 20.1 Å². The van der Waals surface area contributed by atoms with E-state index < -0.39 is 18.1 Å². The van der Waals surface area contributed by atoms with Crippen molar-refractivity contribution in [2.75, 3.05) is 13.7 Å². The zero-order valence-corrected chi connectivity index (χ0v) is 16.3. The van der Waals surface area contributed by atoms with Crippen molar-refractivity contribution in [2.45, 2.75) is 51.8 Å². The van der Waals surface area contributed by atoms with Gasteiger partial charge in [0.1, 0.15) is 6.04 Å². The van der Waals surface area contributed by atoms with Crippen LogP contribution in [0.5, 0.6) is 0 Å². The van der Waals surface area contributed by atoms with Gasteiger partial charge in [-0.05, 0) is 31.4 Å². The van der Waals surface area contributed by atoms with E-state index >= 15 is 0 Å². The van der Waals surface area contributed by atoms with Crippen LogP contribution in [0.4, 0.5) is 0 Å². The van der Waals surface area contributed by atoms with Crippen molar-refractivity contribution in [3.63, 3.8) is 0 Å². The minimum Gasteiger partial charge on any atom is -0.481 e. The maximum absolute atomic E-state index is 13.1. The zero-order valence-electron chi connectivity index (χ0n) is 16.3. The molecule has 27 heavy (non-hydrogen) atoms. The minimum atomic E-state index is -0.959. The van der Waals surface area contributed by atoms with Crippen LogP contribution in [0.25, 0.3) is 0 Å². The number of likely N-dealkylation sites (tertiary alicyclic amines) is 1. The van der Waals surface area contributed by atoms with Gasteiger partial charge in [0.05, 0.1) is 12.5 Å². The van der Waals surface area contributed by atoms with Crippen molar-refractivity contribution in [3.05, 3.63) is 35.4 Å². The number of aliphatic carboxylic acids is 1. The van der Waals surface area contributed by atoms with Gasteiger partial charge in [-0.1, -0.05) is 31.5 Å². The zero-order chi connectivity index (χ0) is 20.1. The summed E-state index contributed by atoms with van der Waals surface area (Å²) in [6.07, 6.45) is 0.145. The molecule has 1 fully saturated rings. The third-order valence-corrected chi connectivity index (χ3v) is 4.90. The van der Waals surface area contributed by atoms with Crippen LogP contribution in [0.15, 0.2) is 24.3 Å². The fourth-order valence-electron chi connectivity index (χ4n) is 3.41. The Balaban J connectivity index is 2.17. The van der Waals surface area contributed by atoms with Crippen molar-refractivity contribution in [2.24, 2.45) is 5.92 Å². The Hall–Kier alpha value is -2.41. The number of nitrogens with zero attached hydrogens (tertiary/aromatic N) is 1. The molecule has 0 spiro atoms. The first kappa shape index (κ1) is 20.9. The van der Waals surface area contributed by atoms with Crippen molar-refractivity contribution < 1.29 is 24.2 Å². The normalized spacial score (nSPS) is 20.6. The lowest BCUT2D eigenvalue weighted by atomic mass is 10.0. The van der Waals surface area contributed by atoms with Gasteiger partial charge in [0.15, 0.2) is 0 Å². The first-order valence-corrected chi connectivity index (χ1v) is 9.15. The summed E-state index contributed by atoms with van der Waals surface area (Å²) in [4.78, 5) is 38.5. The molecule has 0 bridgehead atoms. The molecule has 0 radical (unpaired) electrons. The highest BCUT2D eigenvalue weighted by atomic mass is 16.5. The monoisotopic (exact) mass is 376 g/mol. The van der Waals surface area contributed by atoms with E-state index in [1.807, 2.05) is 26.8 Å². The van der Waals surface area contributed by atoms with Gasteiger partial charge in [-0.3, -0.25) is 14.4 Å². The average molecular weight is 376 g/mol. The first-order chi connectivity index (χ1) is 12.7. The number of carboxylic acids is 1. The molecule has 2 amide bonds. The second-order valence-electron chi connectivity index (χ2n) is 7.40. The Bertz CT molecular complexity index is 703. The molecule has 1 aromatic carbocycles. The SMILES string of the molecule is COC1CC(CC(=O)O)N(C(=O)C(NC(=O)c2cccc(C)c2)C(C)C)C1. The molecule has 0 aliphatic carbocycles. The second-order valence-corrected chi connectivity index (χ2v) is 7.40. The molecule has 3 atom stereocenters. The molecular weight excluding hydrogens is 348 g/mol. The quantitative estimate of drug-likeness (QED) is 0.757. The van der Waals surface area contributed by atoms with Gasteiger partial charge in [-0.25, -0.2) is 0 Å². The van der Waals surface area contributed by atoms with Crippen molar-refractivity contribution >= 4 is 17.8 Å². The summed E-state index contributed by atoms with van der Waals surface area (Å²) in [5, 5.41) is 12.0. The van der Waals surface area contributed by atoms with Gasteiger partial charge in [0.25, 0.3) is 5.91 Å². The van der Waals surface area contributed by atoms with E-state index in [-0.39, 0.29) is 30.3 Å². The standard InChI is InChI=1S/C20H28N2O5/c1-12(2)18(21-19(25)14-7-5-6-13(3)8-14)20(26)22-11-16(27-4)9-15(22)10-17(23)24/h5-8,12,15-16,18H,9-11H2,1-4H3,(H,21,25)(H,23,24). The van der Waals surface area contributed by atoms with Crippen LogP contribution in [0.3, 0.4) is 0 Å². The average Bonchev–Trinajstić information content (AvgIpc) is 3.00. The highest BCUT2D eigenvalue weighted by Gasteiger charge is 2.40. The second kappa shape index (κ2) is 8.99. The van der Waals surface area contributed by atoms with Crippen LogP contribution < -0.4 is 5.32 Å². The van der Waals surface area contributed by atoms with E-state index in [4.69, 9.17) is 9.84 Å². The number of rotatable bonds is 7. The number of hydrogen-bond acceptors (Lipinski definition) is 4. The van der Waals surface area contributed by atoms with E-state index in [0.29, 0.717) is 18.5 Å². The van der Waals surface area contributed by atoms with Gasteiger partial charge >= 0.3 is 5.97 Å². The number of amides is 2. The molecule has 1 aromatic rings. The van der Waals surface area contributed by atoms with E-state index in [9.17, 15) is 14.4 Å². The molecule has 3 unspecified atom stereocenters. The highest BCUT2D eigenvalue weighted by Crippen LogP contribution is 2.25. The van der Waals surface area contributed by atoms with E-state index in [1.165, 1.54) is 0 Å². The summed E-state index contributed by atoms with van der Waals surface area (Å²) in [6, 6.07) is 5.99. The number of benzene rings is 1. The largest absolute Gasteiger partial charge is 0.481 e. The Morgan fingerprint density at radius 3 is 2.59 bits per heavy atom. The molecule has 7 heteroatoms. The Kier molecular flexibility index (Phi) is 6.96. The number of methoxy groups -OCH3 is 1. The van der Waals surface area contributed by atoms with Crippen molar-refractivity contribution in [3.8, 4) is 0 Å². The van der Waals surface area contributed by atoms with Crippen LogP contribution in [0, 0.1) is 12.8 Å². The number of carbonyl (C=O) groups is 3. The van der Waals surface area contributed by atoms with Crippen molar-refractivity contribution in [1.29, 1.82) is 0 Å². The minimum absolute atomic E-state index is 0.137. The predicted molar refractivity (Wildman–Crippen MR) is 100 cm³/mol. The lowest BCUT2D eigenvalue weighted by molar-refractivity contribution is -0.140. The molecule has 148 valence electrons. The number of aryl methyl sites for hydroxylation is 1. The van der Waals surface area contributed by atoms with Crippen LogP contribution in [-0.2, 0) is 14.3 Å². The molecule has 1 aliphatic heterocycles. The van der Waals surface area contributed by atoms with Crippen LogP contribution in [0.1, 0.15) is 42.6 Å². The number of hydrogen-bond donors (Lipinski definition) is 2. The van der Waals surface area contributed by atoms with Crippen LogP contribution >= 0.6 is 0 Å². The van der Waals surface area contributed by atoms with Gasteiger partial charge in [0.2, 0.25) is 5.91 Å². The smallest absolute Gasteiger partial charge is 0.305 e. The summed E-state index contributed by atoms with van der Waals surface area (Å²) in [7, 11) is 1.55. The number of ether oxygens (including phenoxy) is 1. The molecule has 0 aromatic heterocycles. The van der Waals surface area contributed by atoms with E-state index in [1.54, 1.807) is 30.2 Å². The molecule has 7 nitrogen and oxygen atoms in total. The third-order valence-electron chi connectivity index (χ3n) is 4.90. The summed E-state index contributed by atoms with van der Waals surface area (Å²) >= 11 is 0. The molecule has 1 heterocycles. The Labute approximate surface area is 159 Å². The van der Waals surface area contributed by atoms with Gasteiger partial charge in [-0.15, -0.1) is 0 Å². The fourth-order valence-corrected chi connectivity index (χ4v) is 3.41. The summed E-state index contributed by atoms with van der Waals surface area (Å²) in [6.45, 7) is 5.94.